The fourth-order valence-corrected chi connectivity index (χ4v) is 2.42. The molecule has 15 heavy (non-hydrogen) atoms. The lowest BCUT2D eigenvalue weighted by atomic mass is 9.71. The zero-order valence-electron chi connectivity index (χ0n) is 8.87. The van der Waals surface area contributed by atoms with Gasteiger partial charge in [-0.25, -0.2) is 0 Å². The van der Waals surface area contributed by atoms with Crippen LogP contribution in [0.5, 0.6) is 0 Å². The van der Waals surface area contributed by atoms with E-state index < -0.39 is 0 Å². The highest BCUT2D eigenvalue weighted by molar-refractivity contribution is 5.27. The summed E-state index contributed by atoms with van der Waals surface area (Å²) in [6.45, 7) is 2.05. The molecule has 2 rings (SSSR count). The van der Waals surface area contributed by atoms with E-state index >= 15 is 0 Å². The highest BCUT2D eigenvalue weighted by Crippen LogP contribution is 2.36. The average molecular weight is 200 g/mol. The van der Waals surface area contributed by atoms with E-state index in [2.05, 4.69) is 35.7 Å². The van der Waals surface area contributed by atoms with E-state index in [4.69, 9.17) is 5.26 Å². The van der Waals surface area contributed by atoms with E-state index in [1.54, 1.807) is 0 Å². The van der Waals surface area contributed by atoms with E-state index in [0.29, 0.717) is 6.42 Å². The second kappa shape index (κ2) is 4.46. The van der Waals surface area contributed by atoms with Crippen LogP contribution in [0.2, 0.25) is 0 Å². The fourth-order valence-electron chi connectivity index (χ4n) is 2.42. The summed E-state index contributed by atoms with van der Waals surface area (Å²) in [5.41, 5.74) is 1.43. The number of hydrogen-bond donors (Lipinski definition) is 1. The van der Waals surface area contributed by atoms with Gasteiger partial charge in [0, 0.05) is 11.8 Å². The molecule has 0 aromatic heterocycles. The average Bonchev–Trinajstić information content (AvgIpc) is 2.32. The van der Waals surface area contributed by atoms with E-state index in [1.165, 1.54) is 5.56 Å². The summed E-state index contributed by atoms with van der Waals surface area (Å²) in [6.07, 6.45) is 2.79. The highest BCUT2D eigenvalue weighted by Gasteiger charge is 2.33. The molecule has 1 N–H and O–H groups in total. The van der Waals surface area contributed by atoms with Crippen molar-refractivity contribution in [1.82, 2.24) is 5.32 Å². The first-order valence-corrected chi connectivity index (χ1v) is 5.51. The van der Waals surface area contributed by atoms with Crippen molar-refractivity contribution < 1.29 is 0 Å². The van der Waals surface area contributed by atoms with Crippen molar-refractivity contribution >= 4 is 0 Å². The number of nitriles is 1. The van der Waals surface area contributed by atoms with Crippen molar-refractivity contribution in [1.29, 1.82) is 5.26 Å². The minimum atomic E-state index is 0.0985. The maximum absolute atomic E-state index is 8.97. The lowest BCUT2D eigenvalue weighted by Gasteiger charge is -2.36. The molecule has 2 heteroatoms. The Bertz CT molecular complexity index is 345. The monoisotopic (exact) mass is 200 g/mol. The minimum Gasteiger partial charge on any atom is -0.317 e. The van der Waals surface area contributed by atoms with Gasteiger partial charge in [0.25, 0.3) is 0 Å². The van der Waals surface area contributed by atoms with Crippen LogP contribution in [-0.2, 0) is 5.41 Å². The van der Waals surface area contributed by atoms with Crippen molar-refractivity contribution in [3.63, 3.8) is 0 Å². The highest BCUT2D eigenvalue weighted by atomic mass is 14.9. The first kappa shape index (κ1) is 10.2. The second-order valence-electron chi connectivity index (χ2n) is 4.23. The topological polar surface area (TPSA) is 35.8 Å². The van der Waals surface area contributed by atoms with Gasteiger partial charge in [0.05, 0.1) is 6.07 Å². The maximum atomic E-state index is 8.97. The largest absolute Gasteiger partial charge is 0.317 e. The van der Waals surface area contributed by atoms with Crippen molar-refractivity contribution in [3.8, 4) is 6.07 Å². The summed E-state index contributed by atoms with van der Waals surface area (Å²) in [4.78, 5) is 0. The Morgan fingerprint density at radius 1 is 1.20 bits per heavy atom. The molecule has 0 amide bonds. The Balaban J connectivity index is 2.30. The Morgan fingerprint density at radius 2 is 1.87 bits per heavy atom. The smallest absolute Gasteiger partial charge is 0.0631 e. The van der Waals surface area contributed by atoms with E-state index in [1.807, 2.05) is 6.07 Å². The Hall–Kier alpha value is -1.33. The van der Waals surface area contributed by atoms with Gasteiger partial charge in [-0.3, -0.25) is 0 Å². The van der Waals surface area contributed by atoms with E-state index in [-0.39, 0.29) is 5.41 Å². The van der Waals surface area contributed by atoms with Crippen LogP contribution in [0.4, 0.5) is 0 Å². The number of nitrogens with one attached hydrogen (secondary N) is 1. The van der Waals surface area contributed by atoms with Crippen molar-refractivity contribution in [3.05, 3.63) is 35.9 Å². The number of rotatable bonds is 2. The first-order valence-electron chi connectivity index (χ1n) is 5.51. The third kappa shape index (κ3) is 2.03. The third-order valence-electron chi connectivity index (χ3n) is 3.36. The second-order valence-corrected chi connectivity index (χ2v) is 4.23. The van der Waals surface area contributed by atoms with Gasteiger partial charge in [0.2, 0.25) is 0 Å². The van der Waals surface area contributed by atoms with Gasteiger partial charge in [-0.15, -0.1) is 0 Å². The van der Waals surface area contributed by atoms with Gasteiger partial charge in [0.15, 0.2) is 0 Å². The van der Waals surface area contributed by atoms with Crippen molar-refractivity contribution in [2.45, 2.75) is 24.7 Å². The van der Waals surface area contributed by atoms with Gasteiger partial charge < -0.3 is 5.32 Å². The van der Waals surface area contributed by atoms with Gasteiger partial charge in [-0.2, -0.15) is 5.26 Å². The predicted octanol–water partition coefficient (Wildman–Crippen LogP) is 2.22. The third-order valence-corrected chi connectivity index (χ3v) is 3.36. The molecule has 1 aliphatic heterocycles. The molecular formula is C13H16N2. The lowest BCUT2D eigenvalue weighted by molar-refractivity contribution is 0.312. The van der Waals surface area contributed by atoms with Gasteiger partial charge >= 0.3 is 0 Å². The SMILES string of the molecule is N#CCC1(c2ccccc2)CCNCC1. The standard InChI is InChI=1S/C13H16N2/c14-9-6-13(7-10-15-11-8-13)12-4-2-1-3-5-12/h1-5,15H,6-8,10-11H2. The molecule has 1 aromatic rings. The van der Waals surface area contributed by atoms with Crippen LogP contribution in [0.1, 0.15) is 24.8 Å². The molecule has 0 aliphatic carbocycles. The Kier molecular flexibility index (Phi) is 3.03. The summed E-state index contributed by atoms with van der Waals surface area (Å²) in [5.74, 6) is 0. The van der Waals surface area contributed by atoms with Crippen LogP contribution in [0.15, 0.2) is 30.3 Å². The Labute approximate surface area is 90.9 Å². The van der Waals surface area contributed by atoms with Crippen molar-refractivity contribution in [2.75, 3.05) is 13.1 Å². The van der Waals surface area contributed by atoms with Gasteiger partial charge in [-0.1, -0.05) is 30.3 Å². The summed E-state index contributed by atoms with van der Waals surface area (Å²) in [7, 11) is 0. The van der Waals surface area contributed by atoms with Gasteiger partial charge in [-0.05, 0) is 31.5 Å². The van der Waals surface area contributed by atoms with Gasteiger partial charge in [0.1, 0.15) is 0 Å². The summed E-state index contributed by atoms with van der Waals surface area (Å²) in [5, 5.41) is 12.3. The van der Waals surface area contributed by atoms with Crippen LogP contribution in [0.25, 0.3) is 0 Å². The van der Waals surface area contributed by atoms with E-state index in [9.17, 15) is 0 Å². The molecule has 1 saturated heterocycles. The molecule has 1 aliphatic rings. The quantitative estimate of drug-likeness (QED) is 0.794. The molecule has 1 fully saturated rings. The molecule has 0 unspecified atom stereocenters. The molecule has 2 nitrogen and oxygen atoms in total. The van der Waals surface area contributed by atoms with Crippen LogP contribution in [-0.4, -0.2) is 13.1 Å². The lowest BCUT2D eigenvalue weighted by Crippen LogP contribution is -2.39. The molecule has 0 radical (unpaired) electrons. The number of piperidine rings is 1. The number of benzene rings is 1. The molecule has 78 valence electrons. The molecule has 0 saturated carbocycles. The molecule has 1 heterocycles. The van der Waals surface area contributed by atoms with Crippen LogP contribution in [0.3, 0.4) is 0 Å². The molecule has 0 spiro atoms. The summed E-state index contributed by atoms with van der Waals surface area (Å²) < 4.78 is 0. The molecule has 1 aromatic carbocycles. The maximum Gasteiger partial charge on any atom is 0.0631 e. The normalized spacial score (nSPS) is 19.4. The Morgan fingerprint density at radius 3 is 2.47 bits per heavy atom. The zero-order valence-corrected chi connectivity index (χ0v) is 8.87. The fraction of sp³-hybridized carbons (Fsp3) is 0.462. The van der Waals surface area contributed by atoms with Crippen molar-refractivity contribution in [2.24, 2.45) is 0 Å². The number of hydrogen-bond acceptors (Lipinski definition) is 2. The van der Waals surface area contributed by atoms with Crippen LogP contribution < -0.4 is 5.32 Å². The minimum absolute atomic E-state index is 0.0985. The first-order chi connectivity index (χ1) is 7.37. The van der Waals surface area contributed by atoms with E-state index in [0.717, 1.165) is 25.9 Å². The molecular weight excluding hydrogens is 184 g/mol. The predicted molar refractivity (Wildman–Crippen MR) is 60.5 cm³/mol. The number of nitrogens with zero attached hydrogens (tertiary/aromatic N) is 1. The zero-order chi connectivity index (χ0) is 10.6. The summed E-state index contributed by atoms with van der Waals surface area (Å²) in [6, 6.07) is 12.8. The summed E-state index contributed by atoms with van der Waals surface area (Å²) >= 11 is 0. The molecule has 0 atom stereocenters. The van der Waals surface area contributed by atoms with Crippen LogP contribution >= 0.6 is 0 Å². The molecule has 0 bridgehead atoms. The van der Waals surface area contributed by atoms with Crippen LogP contribution in [0, 0.1) is 11.3 Å².